The van der Waals surface area contributed by atoms with Crippen LogP contribution in [0.15, 0.2) is 23.2 Å². The lowest BCUT2D eigenvalue weighted by atomic mass is 10.2. The summed E-state index contributed by atoms with van der Waals surface area (Å²) in [6.45, 7) is 6.46. The molecule has 1 aromatic carbocycles. The van der Waals surface area contributed by atoms with Crippen molar-refractivity contribution in [2.75, 3.05) is 85.5 Å². The number of guanidine groups is 1. The monoisotopic (exact) mass is 439 g/mol. The first kappa shape index (κ1) is 25.2. The first-order valence-electron chi connectivity index (χ1n) is 10.9. The third-order valence-corrected chi connectivity index (χ3v) is 4.35. The van der Waals surface area contributed by atoms with Crippen LogP contribution in [-0.4, -0.2) is 86.1 Å². The highest BCUT2D eigenvalue weighted by atomic mass is 16.5. The minimum absolute atomic E-state index is 0.601. The molecule has 1 aliphatic rings. The van der Waals surface area contributed by atoms with E-state index in [1.165, 1.54) is 0 Å². The number of hydrogen-bond donors (Lipinski definition) is 2. The first-order valence-corrected chi connectivity index (χ1v) is 10.9. The van der Waals surface area contributed by atoms with E-state index in [9.17, 15) is 0 Å². The highest BCUT2D eigenvalue weighted by molar-refractivity contribution is 5.93. The van der Waals surface area contributed by atoms with Crippen molar-refractivity contribution < 1.29 is 28.4 Å². The Labute approximate surface area is 185 Å². The Balaban J connectivity index is 1.84. The SMILES string of the molecule is COCCOCCCN=C(NCCCOCCOC)Nc1ccc2c(c1)OCCCO2. The second-order valence-electron chi connectivity index (χ2n) is 6.91. The standard InChI is InChI=1S/C22H37N3O6/c1-26-14-16-28-10-3-8-23-22(24-9-4-11-29-17-15-27-2)25-19-6-7-20-21(18-19)31-13-5-12-30-20/h6-7,18H,3-5,8-17H2,1-2H3,(H2,23,24,25). The molecule has 2 N–H and O–H groups in total. The fraction of sp³-hybridized carbons (Fsp3) is 0.682. The molecule has 1 aromatic rings. The first-order chi connectivity index (χ1) is 15.3. The topological polar surface area (TPSA) is 91.8 Å². The van der Waals surface area contributed by atoms with E-state index in [1.54, 1.807) is 14.2 Å². The van der Waals surface area contributed by atoms with E-state index in [4.69, 9.17) is 28.4 Å². The number of hydrogen-bond acceptors (Lipinski definition) is 7. The molecule has 9 nitrogen and oxygen atoms in total. The second kappa shape index (κ2) is 16.6. The van der Waals surface area contributed by atoms with Gasteiger partial charge in [-0.15, -0.1) is 0 Å². The van der Waals surface area contributed by atoms with E-state index in [-0.39, 0.29) is 0 Å². The predicted molar refractivity (Wildman–Crippen MR) is 121 cm³/mol. The molecule has 0 aliphatic carbocycles. The number of nitrogens with zero attached hydrogens (tertiary/aromatic N) is 1. The van der Waals surface area contributed by atoms with Gasteiger partial charge in [0.05, 0.1) is 39.6 Å². The van der Waals surface area contributed by atoms with Gasteiger partial charge in [-0.3, -0.25) is 4.99 Å². The summed E-state index contributed by atoms with van der Waals surface area (Å²) in [7, 11) is 3.33. The number of ether oxygens (including phenoxy) is 6. The number of anilines is 1. The van der Waals surface area contributed by atoms with Crippen LogP contribution in [0.3, 0.4) is 0 Å². The molecule has 0 amide bonds. The molecule has 9 heteroatoms. The van der Waals surface area contributed by atoms with E-state index >= 15 is 0 Å². The number of methoxy groups -OCH3 is 2. The number of aliphatic imine (C=N–C) groups is 1. The molecule has 0 unspecified atom stereocenters. The molecule has 2 rings (SSSR count). The average molecular weight is 440 g/mol. The summed E-state index contributed by atoms with van der Waals surface area (Å²) in [6.07, 6.45) is 2.58. The third kappa shape index (κ3) is 11.2. The van der Waals surface area contributed by atoms with Gasteiger partial charge < -0.3 is 39.1 Å². The molecular weight excluding hydrogens is 402 g/mol. The zero-order valence-electron chi connectivity index (χ0n) is 18.8. The number of rotatable bonds is 15. The van der Waals surface area contributed by atoms with Gasteiger partial charge in [0.15, 0.2) is 17.5 Å². The lowest BCUT2D eigenvalue weighted by molar-refractivity contribution is 0.0698. The predicted octanol–water partition coefficient (Wildman–Crippen LogP) is 2.31. The summed E-state index contributed by atoms with van der Waals surface area (Å²) in [5.41, 5.74) is 0.892. The fourth-order valence-corrected chi connectivity index (χ4v) is 2.74. The van der Waals surface area contributed by atoms with Crippen LogP contribution >= 0.6 is 0 Å². The Morgan fingerprint density at radius 2 is 1.61 bits per heavy atom. The minimum Gasteiger partial charge on any atom is -0.490 e. The van der Waals surface area contributed by atoms with E-state index in [2.05, 4.69) is 15.6 Å². The normalized spacial score (nSPS) is 13.7. The summed E-state index contributed by atoms with van der Waals surface area (Å²) in [4.78, 5) is 4.66. The maximum Gasteiger partial charge on any atom is 0.195 e. The molecule has 0 spiro atoms. The van der Waals surface area contributed by atoms with E-state index in [1.807, 2.05) is 18.2 Å². The maximum atomic E-state index is 5.78. The lowest BCUT2D eigenvalue weighted by Gasteiger charge is -2.15. The quantitative estimate of drug-likeness (QED) is 0.244. The second-order valence-corrected chi connectivity index (χ2v) is 6.91. The highest BCUT2D eigenvalue weighted by Crippen LogP contribution is 2.32. The van der Waals surface area contributed by atoms with Crippen molar-refractivity contribution in [3.63, 3.8) is 0 Å². The smallest absolute Gasteiger partial charge is 0.195 e. The molecule has 176 valence electrons. The molecule has 0 radical (unpaired) electrons. The van der Waals surface area contributed by atoms with Gasteiger partial charge in [-0.1, -0.05) is 0 Å². The van der Waals surface area contributed by atoms with Gasteiger partial charge in [-0.2, -0.15) is 0 Å². The summed E-state index contributed by atoms with van der Waals surface area (Å²) >= 11 is 0. The van der Waals surface area contributed by atoms with Crippen LogP contribution in [0.2, 0.25) is 0 Å². The van der Waals surface area contributed by atoms with Crippen LogP contribution < -0.4 is 20.1 Å². The molecule has 0 bridgehead atoms. The summed E-state index contributed by atoms with van der Waals surface area (Å²) in [5.74, 6) is 2.24. The third-order valence-electron chi connectivity index (χ3n) is 4.35. The number of nitrogens with one attached hydrogen (secondary N) is 2. The molecule has 0 aromatic heterocycles. The fourth-order valence-electron chi connectivity index (χ4n) is 2.74. The molecule has 0 fully saturated rings. The zero-order valence-corrected chi connectivity index (χ0v) is 18.8. The molecule has 0 saturated heterocycles. The summed E-state index contributed by atoms with van der Waals surface area (Å²) < 4.78 is 32.5. The molecule has 31 heavy (non-hydrogen) atoms. The minimum atomic E-state index is 0.601. The number of benzene rings is 1. The largest absolute Gasteiger partial charge is 0.490 e. The summed E-state index contributed by atoms with van der Waals surface area (Å²) in [6, 6.07) is 5.83. The van der Waals surface area contributed by atoms with Crippen LogP contribution in [0.4, 0.5) is 5.69 Å². The van der Waals surface area contributed by atoms with Crippen LogP contribution in [0.5, 0.6) is 11.5 Å². The van der Waals surface area contributed by atoms with E-state index in [0.717, 1.165) is 43.0 Å². The van der Waals surface area contributed by atoms with E-state index in [0.29, 0.717) is 65.4 Å². The van der Waals surface area contributed by atoms with Crippen molar-refractivity contribution in [2.24, 2.45) is 4.99 Å². The molecule has 0 atom stereocenters. The van der Waals surface area contributed by atoms with Gasteiger partial charge in [-0.05, 0) is 25.0 Å². The lowest BCUT2D eigenvalue weighted by Crippen LogP contribution is -2.32. The van der Waals surface area contributed by atoms with Gasteiger partial charge >= 0.3 is 0 Å². The average Bonchev–Trinajstić information content (AvgIpc) is 3.02. The highest BCUT2D eigenvalue weighted by Gasteiger charge is 2.11. The Hall–Kier alpha value is -2.07. The van der Waals surface area contributed by atoms with Crippen molar-refractivity contribution in [3.05, 3.63) is 18.2 Å². The van der Waals surface area contributed by atoms with Crippen molar-refractivity contribution >= 4 is 11.6 Å². The Morgan fingerprint density at radius 3 is 2.35 bits per heavy atom. The zero-order chi connectivity index (χ0) is 22.0. The van der Waals surface area contributed by atoms with Crippen LogP contribution in [0.1, 0.15) is 19.3 Å². The summed E-state index contributed by atoms with van der Waals surface area (Å²) in [5, 5.41) is 6.71. The molecule has 1 aliphatic heterocycles. The molecule has 0 saturated carbocycles. The van der Waals surface area contributed by atoms with Crippen LogP contribution in [0, 0.1) is 0 Å². The molecule has 1 heterocycles. The Bertz CT molecular complexity index is 629. The molecular formula is C22H37N3O6. The van der Waals surface area contributed by atoms with Gasteiger partial charge in [0, 0.05) is 58.7 Å². The van der Waals surface area contributed by atoms with Crippen molar-refractivity contribution in [2.45, 2.75) is 19.3 Å². The van der Waals surface area contributed by atoms with Gasteiger partial charge in [0.25, 0.3) is 0 Å². The van der Waals surface area contributed by atoms with Gasteiger partial charge in [-0.25, -0.2) is 0 Å². The van der Waals surface area contributed by atoms with Gasteiger partial charge in [0.1, 0.15) is 0 Å². The Kier molecular flexibility index (Phi) is 13.5. The maximum absolute atomic E-state index is 5.78. The van der Waals surface area contributed by atoms with E-state index < -0.39 is 0 Å². The van der Waals surface area contributed by atoms with Crippen molar-refractivity contribution in [1.29, 1.82) is 0 Å². The van der Waals surface area contributed by atoms with Gasteiger partial charge in [0.2, 0.25) is 0 Å². The van der Waals surface area contributed by atoms with Crippen LogP contribution in [0.25, 0.3) is 0 Å². The Morgan fingerprint density at radius 1 is 0.903 bits per heavy atom. The van der Waals surface area contributed by atoms with Crippen LogP contribution in [-0.2, 0) is 18.9 Å². The van der Waals surface area contributed by atoms with Crippen molar-refractivity contribution in [3.8, 4) is 11.5 Å². The van der Waals surface area contributed by atoms with Crippen molar-refractivity contribution in [1.82, 2.24) is 5.32 Å². The number of fused-ring (bicyclic) bond motifs is 1.